The van der Waals surface area contributed by atoms with Crippen LogP contribution < -0.4 is 10.6 Å². The second-order valence-electron chi connectivity index (χ2n) is 4.52. The molecule has 0 spiro atoms. The molecule has 1 saturated heterocycles. The molecule has 0 amide bonds. The number of rotatable bonds is 3. The average Bonchev–Trinajstić information content (AvgIpc) is 2.16. The molecule has 3 heteroatoms. The van der Waals surface area contributed by atoms with Crippen molar-refractivity contribution in [3.05, 3.63) is 29.8 Å². The molecular formula is C12H19N3. The largest absolute Gasteiger partial charge is 0.378 e. The molecule has 0 aromatic heterocycles. The molecule has 1 aliphatic heterocycles. The van der Waals surface area contributed by atoms with Gasteiger partial charge in [-0.2, -0.15) is 0 Å². The molecule has 1 aromatic carbocycles. The van der Waals surface area contributed by atoms with E-state index in [1.807, 2.05) is 0 Å². The maximum Gasteiger partial charge on any atom is 0.0361 e. The fourth-order valence-electron chi connectivity index (χ4n) is 1.90. The van der Waals surface area contributed by atoms with E-state index in [0.29, 0.717) is 6.04 Å². The molecule has 82 valence electrons. The van der Waals surface area contributed by atoms with Gasteiger partial charge in [-0.25, -0.2) is 0 Å². The van der Waals surface area contributed by atoms with Crippen LogP contribution in [0.5, 0.6) is 0 Å². The zero-order valence-electron chi connectivity index (χ0n) is 9.48. The predicted molar refractivity (Wildman–Crippen MR) is 64.0 cm³/mol. The summed E-state index contributed by atoms with van der Waals surface area (Å²) in [6.07, 6.45) is 0. The summed E-state index contributed by atoms with van der Waals surface area (Å²) in [5, 5.41) is 0. The van der Waals surface area contributed by atoms with Crippen molar-refractivity contribution in [2.24, 2.45) is 5.73 Å². The summed E-state index contributed by atoms with van der Waals surface area (Å²) in [4.78, 5) is 4.48. The lowest BCUT2D eigenvalue weighted by Gasteiger charge is -2.36. The molecule has 1 aliphatic rings. The van der Waals surface area contributed by atoms with Gasteiger partial charge in [0.25, 0.3) is 0 Å². The summed E-state index contributed by atoms with van der Waals surface area (Å²) in [7, 11) is 4.12. The van der Waals surface area contributed by atoms with Crippen molar-refractivity contribution in [1.29, 1.82) is 0 Å². The van der Waals surface area contributed by atoms with E-state index in [9.17, 15) is 0 Å². The highest BCUT2D eigenvalue weighted by atomic mass is 15.2. The lowest BCUT2D eigenvalue weighted by atomic mass is 10.1. The van der Waals surface area contributed by atoms with E-state index in [1.54, 1.807) is 0 Å². The van der Waals surface area contributed by atoms with Gasteiger partial charge in [0.15, 0.2) is 0 Å². The van der Waals surface area contributed by atoms with Crippen molar-refractivity contribution < 1.29 is 0 Å². The summed E-state index contributed by atoms with van der Waals surface area (Å²) in [5.74, 6) is 0. The third-order valence-corrected chi connectivity index (χ3v) is 2.84. The van der Waals surface area contributed by atoms with Crippen LogP contribution in [0, 0.1) is 0 Å². The molecule has 0 atom stereocenters. The number of hydrogen-bond donors (Lipinski definition) is 1. The highest BCUT2D eigenvalue weighted by Gasteiger charge is 2.22. The van der Waals surface area contributed by atoms with Gasteiger partial charge in [0, 0.05) is 45.5 Å². The van der Waals surface area contributed by atoms with Gasteiger partial charge in [0.1, 0.15) is 0 Å². The van der Waals surface area contributed by atoms with E-state index in [-0.39, 0.29) is 0 Å². The van der Waals surface area contributed by atoms with Crippen molar-refractivity contribution in [2.45, 2.75) is 12.6 Å². The normalized spacial score (nSPS) is 17.5. The molecule has 3 nitrogen and oxygen atoms in total. The molecule has 0 aliphatic carbocycles. The Morgan fingerprint density at radius 2 is 1.87 bits per heavy atom. The molecule has 0 bridgehead atoms. The van der Waals surface area contributed by atoms with Crippen LogP contribution in [0.15, 0.2) is 24.3 Å². The van der Waals surface area contributed by atoms with Crippen molar-refractivity contribution >= 4 is 5.69 Å². The Hall–Kier alpha value is -1.06. The van der Waals surface area contributed by atoms with Crippen LogP contribution in [-0.4, -0.2) is 38.1 Å². The van der Waals surface area contributed by atoms with Crippen molar-refractivity contribution in [3.63, 3.8) is 0 Å². The van der Waals surface area contributed by atoms with Crippen LogP contribution in [0.25, 0.3) is 0 Å². The van der Waals surface area contributed by atoms with E-state index in [2.05, 4.69) is 48.2 Å². The quantitative estimate of drug-likeness (QED) is 0.795. The summed E-state index contributed by atoms with van der Waals surface area (Å²) in [6, 6.07) is 9.11. The second kappa shape index (κ2) is 4.21. The average molecular weight is 205 g/mol. The predicted octanol–water partition coefficient (Wildman–Crippen LogP) is 0.895. The summed E-state index contributed by atoms with van der Waals surface area (Å²) in [6.45, 7) is 3.10. The maximum atomic E-state index is 5.74. The third kappa shape index (κ3) is 2.49. The molecule has 2 N–H and O–H groups in total. The SMILES string of the molecule is CN(C)c1ccc(CN2CC(N)C2)cc1. The Morgan fingerprint density at radius 3 is 2.33 bits per heavy atom. The molecule has 0 unspecified atom stereocenters. The van der Waals surface area contributed by atoms with Crippen molar-refractivity contribution in [1.82, 2.24) is 4.90 Å². The molecule has 2 rings (SSSR count). The highest BCUT2D eigenvalue weighted by Crippen LogP contribution is 2.15. The van der Waals surface area contributed by atoms with E-state index in [4.69, 9.17) is 5.73 Å². The zero-order chi connectivity index (χ0) is 10.8. The van der Waals surface area contributed by atoms with E-state index in [0.717, 1.165) is 19.6 Å². The molecule has 0 radical (unpaired) electrons. The van der Waals surface area contributed by atoms with Gasteiger partial charge in [-0.15, -0.1) is 0 Å². The van der Waals surface area contributed by atoms with Gasteiger partial charge in [-0.05, 0) is 17.7 Å². The first-order chi connectivity index (χ1) is 7.15. The molecule has 1 heterocycles. The molecule has 15 heavy (non-hydrogen) atoms. The Labute approximate surface area is 91.5 Å². The monoisotopic (exact) mass is 205 g/mol. The lowest BCUT2D eigenvalue weighted by Crippen LogP contribution is -2.54. The summed E-state index contributed by atoms with van der Waals surface area (Å²) < 4.78 is 0. The molecule has 1 aromatic rings. The van der Waals surface area contributed by atoms with Gasteiger partial charge < -0.3 is 10.6 Å². The van der Waals surface area contributed by atoms with Crippen LogP contribution in [0.3, 0.4) is 0 Å². The number of likely N-dealkylation sites (tertiary alicyclic amines) is 1. The Kier molecular flexibility index (Phi) is 2.93. The minimum atomic E-state index is 0.394. The second-order valence-corrected chi connectivity index (χ2v) is 4.52. The number of benzene rings is 1. The van der Waals surface area contributed by atoms with Gasteiger partial charge in [-0.1, -0.05) is 12.1 Å². The Balaban J connectivity index is 1.92. The Bertz CT molecular complexity index is 312. The van der Waals surface area contributed by atoms with Crippen molar-refractivity contribution in [2.75, 3.05) is 32.1 Å². The van der Waals surface area contributed by atoms with Crippen LogP contribution in [-0.2, 0) is 6.54 Å². The lowest BCUT2D eigenvalue weighted by molar-refractivity contribution is 0.142. The van der Waals surface area contributed by atoms with Gasteiger partial charge >= 0.3 is 0 Å². The van der Waals surface area contributed by atoms with Crippen LogP contribution in [0.4, 0.5) is 5.69 Å². The first-order valence-electron chi connectivity index (χ1n) is 5.39. The number of nitrogens with zero attached hydrogens (tertiary/aromatic N) is 2. The molecule has 1 fully saturated rings. The standard InChI is InChI=1S/C12H19N3/c1-14(2)12-5-3-10(4-6-12)7-15-8-11(13)9-15/h3-6,11H,7-9,13H2,1-2H3. The van der Waals surface area contributed by atoms with E-state index in [1.165, 1.54) is 11.3 Å². The smallest absolute Gasteiger partial charge is 0.0361 e. The van der Waals surface area contributed by atoms with Gasteiger partial charge in [-0.3, -0.25) is 4.90 Å². The number of nitrogens with two attached hydrogens (primary N) is 1. The molecule has 0 saturated carbocycles. The zero-order valence-corrected chi connectivity index (χ0v) is 9.48. The van der Waals surface area contributed by atoms with E-state index < -0.39 is 0 Å². The van der Waals surface area contributed by atoms with Crippen LogP contribution >= 0.6 is 0 Å². The highest BCUT2D eigenvalue weighted by molar-refractivity contribution is 5.45. The summed E-state index contributed by atoms with van der Waals surface area (Å²) >= 11 is 0. The van der Waals surface area contributed by atoms with Crippen LogP contribution in [0.2, 0.25) is 0 Å². The topological polar surface area (TPSA) is 32.5 Å². The van der Waals surface area contributed by atoms with Gasteiger partial charge in [0.2, 0.25) is 0 Å². The van der Waals surface area contributed by atoms with Crippen LogP contribution in [0.1, 0.15) is 5.56 Å². The van der Waals surface area contributed by atoms with Crippen molar-refractivity contribution in [3.8, 4) is 0 Å². The maximum absolute atomic E-state index is 5.74. The number of anilines is 1. The minimum absolute atomic E-state index is 0.394. The Morgan fingerprint density at radius 1 is 1.27 bits per heavy atom. The first-order valence-corrected chi connectivity index (χ1v) is 5.39. The van der Waals surface area contributed by atoms with Gasteiger partial charge in [0.05, 0.1) is 0 Å². The first kappa shape index (κ1) is 10.5. The van der Waals surface area contributed by atoms with E-state index >= 15 is 0 Å². The third-order valence-electron chi connectivity index (χ3n) is 2.84. The fraction of sp³-hybridized carbons (Fsp3) is 0.500. The number of hydrogen-bond acceptors (Lipinski definition) is 3. The summed E-state index contributed by atoms with van der Waals surface area (Å²) in [5.41, 5.74) is 8.36. The minimum Gasteiger partial charge on any atom is -0.378 e. The fourth-order valence-corrected chi connectivity index (χ4v) is 1.90. The molecular weight excluding hydrogens is 186 g/mol.